The van der Waals surface area contributed by atoms with Crippen LogP contribution in [0, 0.1) is 0 Å². The smallest absolute Gasteiger partial charge is 0.330 e. The number of aliphatic carboxylic acids is 2. The number of hydrogen-bond acceptors (Lipinski definition) is 2. The van der Waals surface area contributed by atoms with Gasteiger partial charge in [-0.15, -0.1) is 0 Å². The summed E-state index contributed by atoms with van der Waals surface area (Å²) in [4.78, 5) is 20.6. The molecule has 0 spiro atoms. The molecule has 0 aromatic rings. The molecule has 4 nitrogen and oxygen atoms in total. The maximum Gasteiger partial charge on any atom is 0.330 e. The minimum absolute atomic E-state index is 0.285. The van der Waals surface area contributed by atoms with Crippen LogP contribution in [0.3, 0.4) is 0 Å². The molecule has 0 aliphatic carbocycles. The lowest BCUT2D eigenvalue weighted by Gasteiger charge is -1.96. The van der Waals surface area contributed by atoms with Crippen LogP contribution in [0.25, 0.3) is 0 Å². The molecule has 0 atom stereocenters. The highest BCUT2D eigenvalue weighted by Crippen LogP contribution is 2.06. The summed E-state index contributed by atoms with van der Waals surface area (Å²) in [6.07, 6.45) is 3.83. The van der Waals surface area contributed by atoms with Gasteiger partial charge in [-0.1, -0.05) is 11.6 Å². The van der Waals surface area contributed by atoms with Gasteiger partial charge in [0.05, 0.1) is 0 Å². The van der Waals surface area contributed by atoms with Crippen molar-refractivity contribution in [2.45, 2.75) is 26.7 Å². The summed E-state index contributed by atoms with van der Waals surface area (Å²) in [6, 6.07) is 0. The molecule has 0 saturated carbocycles. The third-order valence-electron chi connectivity index (χ3n) is 1.70. The van der Waals surface area contributed by atoms with Crippen molar-refractivity contribution in [3.63, 3.8) is 0 Å². The standard InChI is InChI=1S/C10H14O4/c1-7(6-9(11)12)4-3-5-8(2)10(13)14/h5-6H,3-4H2,1-2H3,(H,11,12)(H,13,14)/b7-6+,8-5-. The first kappa shape index (κ1) is 12.4. The molecule has 0 heterocycles. The van der Waals surface area contributed by atoms with Crippen molar-refractivity contribution in [2.75, 3.05) is 0 Å². The lowest BCUT2D eigenvalue weighted by atomic mass is 10.1. The Balaban J connectivity index is 4.02. The van der Waals surface area contributed by atoms with E-state index in [0.717, 1.165) is 11.6 Å². The van der Waals surface area contributed by atoms with Crippen LogP contribution >= 0.6 is 0 Å². The quantitative estimate of drug-likeness (QED) is 0.661. The van der Waals surface area contributed by atoms with Gasteiger partial charge >= 0.3 is 11.9 Å². The second kappa shape index (κ2) is 5.96. The van der Waals surface area contributed by atoms with Gasteiger partial charge in [-0.05, 0) is 26.7 Å². The molecule has 0 rings (SSSR count). The predicted molar refractivity (Wildman–Crippen MR) is 52.0 cm³/mol. The van der Waals surface area contributed by atoms with E-state index in [1.807, 2.05) is 0 Å². The number of hydrogen-bond donors (Lipinski definition) is 2. The molecular weight excluding hydrogens is 184 g/mol. The zero-order chi connectivity index (χ0) is 11.1. The molecular formula is C10H14O4. The van der Waals surface area contributed by atoms with Crippen molar-refractivity contribution in [3.8, 4) is 0 Å². The Morgan fingerprint density at radius 1 is 1.21 bits per heavy atom. The van der Waals surface area contributed by atoms with Gasteiger partial charge in [0, 0.05) is 11.6 Å². The Hall–Kier alpha value is -1.58. The fourth-order valence-electron chi connectivity index (χ4n) is 0.887. The summed E-state index contributed by atoms with van der Waals surface area (Å²) < 4.78 is 0. The molecule has 0 bridgehead atoms. The number of rotatable bonds is 5. The summed E-state index contributed by atoms with van der Waals surface area (Å²) >= 11 is 0. The molecule has 0 aromatic carbocycles. The third kappa shape index (κ3) is 5.99. The van der Waals surface area contributed by atoms with Gasteiger partial charge in [0.25, 0.3) is 0 Å². The maximum atomic E-state index is 10.4. The van der Waals surface area contributed by atoms with Crippen LogP contribution in [0.1, 0.15) is 26.7 Å². The van der Waals surface area contributed by atoms with E-state index in [2.05, 4.69) is 0 Å². The van der Waals surface area contributed by atoms with Crippen LogP contribution in [0.4, 0.5) is 0 Å². The Morgan fingerprint density at radius 3 is 2.21 bits per heavy atom. The van der Waals surface area contributed by atoms with E-state index in [1.54, 1.807) is 13.0 Å². The topological polar surface area (TPSA) is 74.6 Å². The van der Waals surface area contributed by atoms with Gasteiger partial charge in [-0.2, -0.15) is 0 Å². The van der Waals surface area contributed by atoms with Crippen LogP contribution in [0.15, 0.2) is 23.3 Å². The minimum Gasteiger partial charge on any atom is -0.478 e. The van der Waals surface area contributed by atoms with Crippen LogP contribution < -0.4 is 0 Å². The van der Waals surface area contributed by atoms with Gasteiger partial charge in [0.2, 0.25) is 0 Å². The Kier molecular flexibility index (Phi) is 5.29. The van der Waals surface area contributed by atoms with E-state index in [0.29, 0.717) is 12.8 Å². The zero-order valence-corrected chi connectivity index (χ0v) is 8.28. The van der Waals surface area contributed by atoms with E-state index in [9.17, 15) is 9.59 Å². The van der Waals surface area contributed by atoms with Crippen LogP contribution in [0.2, 0.25) is 0 Å². The van der Waals surface area contributed by atoms with Gasteiger partial charge in [-0.3, -0.25) is 0 Å². The van der Waals surface area contributed by atoms with Crippen molar-refractivity contribution >= 4 is 11.9 Å². The first-order chi connectivity index (χ1) is 6.43. The minimum atomic E-state index is -0.971. The van der Waals surface area contributed by atoms with Crippen molar-refractivity contribution in [2.24, 2.45) is 0 Å². The molecule has 0 aliphatic heterocycles. The maximum absolute atomic E-state index is 10.4. The van der Waals surface area contributed by atoms with Gasteiger partial charge in [0.15, 0.2) is 0 Å². The van der Waals surface area contributed by atoms with Gasteiger partial charge in [0.1, 0.15) is 0 Å². The number of carbonyl (C=O) groups is 2. The highest BCUT2D eigenvalue weighted by atomic mass is 16.4. The summed E-state index contributed by atoms with van der Waals surface area (Å²) in [5.41, 5.74) is 1.01. The van der Waals surface area contributed by atoms with Crippen molar-refractivity contribution in [3.05, 3.63) is 23.3 Å². The molecule has 14 heavy (non-hydrogen) atoms. The normalized spacial score (nSPS) is 12.7. The summed E-state index contributed by atoms with van der Waals surface area (Å²) in [6.45, 7) is 3.22. The Labute approximate surface area is 82.6 Å². The van der Waals surface area contributed by atoms with E-state index in [1.165, 1.54) is 6.92 Å². The summed E-state index contributed by atoms with van der Waals surface area (Å²) in [5.74, 6) is -1.91. The average molecular weight is 198 g/mol. The van der Waals surface area contributed by atoms with E-state index < -0.39 is 11.9 Å². The molecule has 0 radical (unpaired) electrons. The molecule has 0 unspecified atom stereocenters. The second-order valence-corrected chi connectivity index (χ2v) is 3.06. The van der Waals surface area contributed by atoms with Crippen molar-refractivity contribution in [1.29, 1.82) is 0 Å². The SMILES string of the molecule is C/C(=C/CC/C(C)=C/C(=O)O)C(=O)O. The van der Waals surface area contributed by atoms with Gasteiger partial charge < -0.3 is 10.2 Å². The number of allylic oxidation sites excluding steroid dienone is 2. The molecule has 0 amide bonds. The summed E-state index contributed by atoms with van der Waals surface area (Å²) in [5, 5.41) is 16.9. The van der Waals surface area contributed by atoms with Crippen molar-refractivity contribution < 1.29 is 19.8 Å². The van der Waals surface area contributed by atoms with Crippen LogP contribution in [-0.4, -0.2) is 22.2 Å². The number of carboxylic acids is 2. The fraction of sp³-hybridized carbons (Fsp3) is 0.400. The average Bonchev–Trinajstić information content (AvgIpc) is 2.02. The summed E-state index contributed by atoms with van der Waals surface area (Å²) in [7, 11) is 0. The Bertz CT molecular complexity index is 286. The highest BCUT2D eigenvalue weighted by molar-refractivity contribution is 5.85. The number of carboxylic acid groups (broad SMARTS) is 2. The van der Waals surface area contributed by atoms with Crippen LogP contribution in [0.5, 0.6) is 0 Å². The van der Waals surface area contributed by atoms with E-state index in [4.69, 9.17) is 10.2 Å². The molecule has 0 saturated heterocycles. The first-order valence-electron chi connectivity index (χ1n) is 4.23. The third-order valence-corrected chi connectivity index (χ3v) is 1.70. The molecule has 0 fully saturated rings. The lowest BCUT2D eigenvalue weighted by Crippen LogP contribution is -1.95. The van der Waals surface area contributed by atoms with E-state index >= 15 is 0 Å². The largest absolute Gasteiger partial charge is 0.478 e. The molecule has 2 N–H and O–H groups in total. The molecule has 78 valence electrons. The Morgan fingerprint density at radius 2 is 1.79 bits per heavy atom. The fourth-order valence-corrected chi connectivity index (χ4v) is 0.887. The first-order valence-corrected chi connectivity index (χ1v) is 4.23. The lowest BCUT2D eigenvalue weighted by molar-refractivity contribution is -0.133. The predicted octanol–water partition coefficient (Wildman–Crippen LogP) is 1.83. The molecule has 0 aromatic heterocycles. The monoisotopic (exact) mass is 198 g/mol. The van der Waals surface area contributed by atoms with Gasteiger partial charge in [-0.25, -0.2) is 9.59 Å². The van der Waals surface area contributed by atoms with Crippen molar-refractivity contribution in [1.82, 2.24) is 0 Å². The van der Waals surface area contributed by atoms with Crippen LogP contribution in [-0.2, 0) is 9.59 Å². The molecule has 4 heteroatoms. The highest BCUT2D eigenvalue weighted by Gasteiger charge is 1.98. The molecule has 0 aliphatic rings. The second-order valence-electron chi connectivity index (χ2n) is 3.06. The van der Waals surface area contributed by atoms with E-state index in [-0.39, 0.29) is 5.57 Å². The zero-order valence-electron chi connectivity index (χ0n) is 8.28.